The average molecular weight is 403 g/mol. The second kappa shape index (κ2) is 7.69. The van der Waals surface area contributed by atoms with E-state index >= 15 is 0 Å². The Hall–Kier alpha value is -3.40. The molecule has 146 valence electrons. The molecule has 28 heavy (non-hydrogen) atoms. The predicted molar refractivity (Wildman–Crippen MR) is 99.8 cm³/mol. The van der Waals surface area contributed by atoms with Crippen molar-refractivity contribution < 1.29 is 26.9 Å². The first-order valence-electron chi connectivity index (χ1n) is 8.13. The number of methoxy groups -OCH3 is 1. The summed E-state index contributed by atoms with van der Waals surface area (Å²) in [6.45, 7) is 1.69. The Morgan fingerprint density at radius 3 is 2.43 bits per heavy atom. The maximum atomic E-state index is 12.4. The zero-order chi connectivity index (χ0) is 20.3. The minimum absolute atomic E-state index is 0.00863. The Bertz CT molecular complexity index is 1050. The van der Waals surface area contributed by atoms with Gasteiger partial charge in [-0.05, 0) is 42.8 Å². The quantitative estimate of drug-likeness (QED) is 0.446. The molecule has 1 fully saturated rings. The fraction of sp³-hybridized carbons (Fsp3) is 0.167. The number of imide groups is 1. The second-order valence-electron chi connectivity index (χ2n) is 5.92. The highest BCUT2D eigenvalue weighted by molar-refractivity contribution is 7.87. The summed E-state index contributed by atoms with van der Waals surface area (Å²) >= 11 is 0. The third-order valence-corrected chi connectivity index (χ3v) is 5.07. The van der Waals surface area contributed by atoms with Crippen LogP contribution in [0.15, 0.2) is 52.5 Å². The van der Waals surface area contributed by atoms with Crippen LogP contribution in [-0.2, 0) is 14.9 Å². The third-order valence-electron chi connectivity index (χ3n) is 3.82. The van der Waals surface area contributed by atoms with E-state index in [1.807, 2.05) is 6.92 Å². The molecule has 3 amide bonds. The van der Waals surface area contributed by atoms with Crippen molar-refractivity contribution in [1.82, 2.24) is 10.3 Å². The van der Waals surface area contributed by atoms with Gasteiger partial charge in [-0.15, -0.1) is 0 Å². The van der Waals surface area contributed by atoms with Crippen molar-refractivity contribution in [2.75, 3.05) is 13.7 Å². The van der Waals surface area contributed by atoms with Gasteiger partial charge < -0.3 is 8.92 Å². The summed E-state index contributed by atoms with van der Waals surface area (Å²) in [5.74, 6) is -0.263. The van der Waals surface area contributed by atoms with Gasteiger partial charge in [-0.25, -0.2) is 9.80 Å². The van der Waals surface area contributed by atoms with Crippen molar-refractivity contribution in [3.63, 3.8) is 0 Å². The molecule has 10 heteroatoms. The number of rotatable bonds is 6. The van der Waals surface area contributed by atoms with Crippen molar-refractivity contribution in [2.45, 2.75) is 11.8 Å². The number of benzene rings is 2. The molecule has 1 aliphatic heterocycles. The van der Waals surface area contributed by atoms with Gasteiger partial charge in [-0.3, -0.25) is 10.1 Å². The van der Waals surface area contributed by atoms with Gasteiger partial charge in [0.2, 0.25) is 5.91 Å². The van der Waals surface area contributed by atoms with Crippen molar-refractivity contribution in [3.05, 3.63) is 53.6 Å². The van der Waals surface area contributed by atoms with E-state index in [-0.39, 0.29) is 22.9 Å². The summed E-state index contributed by atoms with van der Waals surface area (Å²) in [5.41, 5.74) is 1.44. The highest BCUT2D eigenvalue weighted by atomic mass is 32.2. The van der Waals surface area contributed by atoms with Crippen molar-refractivity contribution in [1.29, 1.82) is 0 Å². The SMILES string of the molecule is COc1cc(/C=N/N2CC(=O)NC2=O)ccc1OS(=O)(=O)c1ccc(C)cc1. The van der Waals surface area contributed by atoms with Crippen LogP contribution in [0.25, 0.3) is 0 Å². The standard InChI is InChI=1S/C18H17N3O6S/c1-12-3-6-14(7-4-12)28(24,25)27-15-8-5-13(9-16(15)26-2)10-19-21-11-17(22)20-18(21)23/h3-10H,11H2,1-2H3,(H,20,22,23)/b19-10+. The molecule has 3 rings (SSSR count). The van der Waals surface area contributed by atoms with Crippen LogP contribution < -0.4 is 14.2 Å². The molecule has 2 aromatic carbocycles. The number of hydrogen-bond donors (Lipinski definition) is 1. The molecule has 0 spiro atoms. The van der Waals surface area contributed by atoms with Crippen LogP contribution in [0.3, 0.4) is 0 Å². The molecular weight excluding hydrogens is 386 g/mol. The molecule has 0 bridgehead atoms. The van der Waals surface area contributed by atoms with E-state index in [0.717, 1.165) is 10.6 Å². The molecule has 0 saturated carbocycles. The van der Waals surface area contributed by atoms with Crippen LogP contribution in [-0.4, -0.2) is 45.2 Å². The molecule has 0 radical (unpaired) electrons. The summed E-state index contributed by atoms with van der Waals surface area (Å²) < 4.78 is 35.3. The van der Waals surface area contributed by atoms with Gasteiger partial charge in [0.25, 0.3) is 0 Å². The number of hydrazone groups is 1. The normalized spacial score (nSPS) is 14.4. The fourth-order valence-electron chi connectivity index (χ4n) is 2.37. The van der Waals surface area contributed by atoms with Crippen LogP contribution in [0.2, 0.25) is 0 Å². The highest BCUT2D eigenvalue weighted by Crippen LogP contribution is 2.30. The van der Waals surface area contributed by atoms with E-state index in [2.05, 4.69) is 10.4 Å². The second-order valence-corrected chi connectivity index (χ2v) is 7.46. The molecular formula is C18H17N3O6S. The summed E-state index contributed by atoms with van der Waals surface area (Å²) in [7, 11) is -2.66. The highest BCUT2D eigenvalue weighted by Gasteiger charge is 2.26. The number of ether oxygens (including phenoxy) is 1. The van der Waals surface area contributed by atoms with Crippen LogP contribution in [0.4, 0.5) is 4.79 Å². The molecule has 0 aromatic heterocycles. The van der Waals surface area contributed by atoms with E-state index < -0.39 is 22.1 Å². The number of hydrogen-bond acceptors (Lipinski definition) is 7. The van der Waals surface area contributed by atoms with Crippen molar-refractivity contribution in [3.8, 4) is 11.5 Å². The first-order valence-corrected chi connectivity index (χ1v) is 9.54. The number of urea groups is 1. The number of nitrogens with zero attached hydrogens (tertiary/aromatic N) is 2. The number of carbonyl (C=O) groups excluding carboxylic acids is 2. The molecule has 1 aliphatic rings. The Balaban J connectivity index is 1.80. The van der Waals surface area contributed by atoms with E-state index in [9.17, 15) is 18.0 Å². The zero-order valence-corrected chi connectivity index (χ0v) is 15.9. The van der Waals surface area contributed by atoms with E-state index in [1.54, 1.807) is 18.2 Å². The number of aryl methyl sites for hydroxylation is 1. The smallest absolute Gasteiger partial charge is 0.344 e. The maximum Gasteiger partial charge on any atom is 0.344 e. The Kier molecular flexibility index (Phi) is 5.32. The summed E-state index contributed by atoms with van der Waals surface area (Å²) in [6, 6.07) is 10.1. The third kappa shape index (κ3) is 4.29. The minimum Gasteiger partial charge on any atom is -0.493 e. The van der Waals surface area contributed by atoms with Gasteiger partial charge >= 0.3 is 16.1 Å². The Morgan fingerprint density at radius 1 is 1.11 bits per heavy atom. The van der Waals surface area contributed by atoms with Gasteiger partial charge in [0.05, 0.1) is 13.3 Å². The van der Waals surface area contributed by atoms with E-state index in [1.165, 1.54) is 37.6 Å². The van der Waals surface area contributed by atoms with Crippen LogP contribution >= 0.6 is 0 Å². The molecule has 0 unspecified atom stereocenters. The van der Waals surface area contributed by atoms with E-state index in [0.29, 0.717) is 5.56 Å². The number of carbonyl (C=O) groups is 2. The average Bonchev–Trinajstić information content (AvgIpc) is 2.98. The molecule has 2 aromatic rings. The zero-order valence-electron chi connectivity index (χ0n) is 15.1. The first kappa shape index (κ1) is 19.4. The molecule has 9 nitrogen and oxygen atoms in total. The summed E-state index contributed by atoms with van der Waals surface area (Å²) in [6.07, 6.45) is 1.35. The van der Waals surface area contributed by atoms with Gasteiger partial charge in [-0.1, -0.05) is 17.7 Å². The lowest BCUT2D eigenvalue weighted by molar-refractivity contribution is -0.118. The Morgan fingerprint density at radius 2 is 1.82 bits per heavy atom. The molecule has 0 aliphatic carbocycles. The van der Waals surface area contributed by atoms with E-state index in [4.69, 9.17) is 8.92 Å². The van der Waals surface area contributed by atoms with Crippen LogP contribution in [0.1, 0.15) is 11.1 Å². The van der Waals surface area contributed by atoms with Gasteiger partial charge in [0, 0.05) is 0 Å². The fourth-order valence-corrected chi connectivity index (χ4v) is 3.31. The minimum atomic E-state index is -4.03. The van der Waals surface area contributed by atoms with Crippen LogP contribution in [0.5, 0.6) is 11.5 Å². The monoisotopic (exact) mass is 403 g/mol. The van der Waals surface area contributed by atoms with Gasteiger partial charge in [0.15, 0.2) is 11.5 Å². The first-order chi connectivity index (χ1) is 13.3. The molecule has 1 heterocycles. The largest absolute Gasteiger partial charge is 0.493 e. The maximum absolute atomic E-state index is 12.4. The summed E-state index contributed by atoms with van der Waals surface area (Å²) in [4.78, 5) is 22.6. The lowest BCUT2D eigenvalue weighted by Crippen LogP contribution is -2.24. The Labute approximate surface area is 161 Å². The molecule has 0 atom stereocenters. The lowest BCUT2D eigenvalue weighted by atomic mass is 10.2. The molecule has 1 saturated heterocycles. The number of nitrogens with one attached hydrogen (secondary N) is 1. The van der Waals surface area contributed by atoms with Gasteiger partial charge in [-0.2, -0.15) is 13.5 Å². The predicted octanol–water partition coefficient (Wildman–Crippen LogP) is 1.66. The van der Waals surface area contributed by atoms with Gasteiger partial charge in [0.1, 0.15) is 11.4 Å². The van der Waals surface area contributed by atoms with Crippen molar-refractivity contribution in [2.24, 2.45) is 5.10 Å². The topological polar surface area (TPSA) is 114 Å². The summed E-state index contributed by atoms with van der Waals surface area (Å²) in [5, 5.41) is 7.00. The molecule has 1 N–H and O–H groups in total. The number of amides is 3. The van der Waals surface area contributed by atoms with Crippen LogP contribution in [0, 0.1) is 6.92 Å². The lowest BCUT2D eigenvalue weighted by Gasteiger charge is -2.11. The van der Waals surface area contributed by atoms with Crippen molar-refractivity contribution >= 4 is 28.3 Å².